The van der Waals surface area contributed by atoms with Crippen LogP contribution >= 0.6 is 0 Å². The second kappa shape index (κ2) is 6.68. The Morgan fingerprint density at radius 1 is 0.862 bits per heavy atom. The summed E-state index contributed by atoms with van der Waals surface area (Å²) in [6, 6.07) is 26.9. The average molecular weight is 382 g/mol. The van der Waals surface area contributed by atoms with Crippen LogP contribution in [0.2, 0.25) is 0 Å². The zero-order valence-corrected chi connectivity index (χ0v) is 16.1. The van der Waals surface area contributed by atoms with Gasteiger partial charge in [-0.15, -0.1) is 0 Å². The lowest BCUT2D eigenvalue weighted by Gasteiger charge is -2.32. The molecule has 0 radical (unpaired) electrons. The van der Waals surface area contributed by atoms with Crippen LogP contribution in [0.3, 0.4) is 0 Å². The zero-order chi connectivity index (χ0) is 20.0. The number of ketones is 1. The van der Waals surface area contributed by atoms with E-state index < -0.39 is 5.54 Å². The second-order valence-corrected chi connectivity index (χ2v) is 7.89. The van der Waals surface area contributed by atoms with Crippen LogP contribution in [0.5, 0.6) is 0 Å². The van der Waals surface area contributed by atoms with Gasteiger partial charge in [0.15, 0.2) is 5.78 Å². The number of hydrogen-bond donors (Lipinski definition) is 2. The van der Waals surface area contributed by atoms with Crippen molar-refractivity contribution >= 4 is 17.4 Å². The summed E-state index contributed by atoms with van der Waals surface area (Å²) in [4.78, 5) is 27.0. The van der Waals surface area contributed by atoms with Crippen molar-refractivity contribution in [1.29, 1.82) is 0 Å². The van der Waals surface area contributed by atoms with Gasteiger partial charge in [-0.1, -0.05) is 78.9 Å². The molecular weight excluding hydrogens is 360 g/mol. The van der Waals surface area contributed by atoms with Gasteiger partial charge in [0.25, 0.3) is 0 Å². The summed E-state index contributed by atoms with van der Waals surface area (Å²) in [5, 5.41) is 6.59. The lowest BCUT2D eigenvalue weighted by Crippen LogP contribution is -2.48. The smallest absolute Gasteiger partial charge is 0.250 e. The van der Waals surface area contributed by atoms with Crippen LogP contribution in [0.15, 0.2) is 84.9 Å². The molecule has 1 amide bonds. The number of carbonyl (C=O) groups excluding carboxylic acids is 2. The van der Waals surface area contributed by atoms with Crippen LogP contribution in [-0.2, 0) is 10.3 Å². The van der Waals surface area contributed by atoms with Crippen molar-refractivity contribution in [3.63, 3.8) is 0 Å². The van der Waals surface area contributed by atoms with Crippen molar-refractivity contribution in [2.75, 3.05) is 5.32 Å². The number of anilines is 1. The third kappa shape index (κ3) is 2.56. The van der Waals surface area contributed by atoms with Crippen molar-refractivity contribution in [2.24, 2.45) is 5.92 Å². The molecule has 2 N–H and O–H groups in total. The quantitative estimate of drug-likeness (QED) is 0.671. The molecule has 4 nitrogen and oxygen atoms in total. The Hall–Kier alpha value is -3.24. The van der Waals surface area contributed by atoms with E-state index in [2.05, 4.69) is 10.6 Å². The molecule has 2 aliphatic heterocycles. The first-order valence-electron chi connectivity index (χ1n) is 9.96. The van der Waals surface area contributed by atoms with Gasteiger partial charge in [-0.05, 0) is 18.6 Å². The van der Waals surface area contributed by atoms with E-state index in [0.717, 1.165) is 16.8 Å². The number of fused-ring (bicyclic) bond motifs is 2. The summed E-state index contributed by atoms with van der Waals surface area (Å²) in [5.74, 6) is -0.706. The summed E-state index contributed by atoms with van der Waals surface area (Å²) in [6.07, 6.45) is 0. The molecule has 1 spiro atoms. The van der Waals surface area contributed by atoms with Crippen LogP contribution in [0.4, 0.5) is 5.69 Å². The van der Waals surface area contributed by atoms with E-state index in [4.69, 9.17) is 0 Å². The van der Waals surface area contributed by atoms with Gasteiger partial charge in [0.1, 0.15) is 5.54 Å². The van der Waals surface area contributed by atoms with E-state index >= 15 is 0 Å². The fourth-order valence-corrected chi connectivity index (χ4v) is 5.12. The lowest BCUT2D eigenvalue weighted by atomic mass is 9.70. The van der Waals surface area contributed by atoms with E-state index in [1.807, 2.05) is 91.9 Å². The van der Waals surface area contributed by atoms with Gasteiger partial charge in [0, 0.05) is 34.7 Å². The molecule has 29 heavy (non-hydrogen) atoms. The van der Waals surface area contributed by atoms with E-state index in [9.17, 15) is 9.59 Å². The molecule has 2 aliphatic rings. The minimum atomic E-state index is -0.966. The highest BCUT2D eigenvalue weighted by molar-refractivity contribution is 6.09. The molecule has 0 unspecified atom stereocenters. The van der Waals surface area contributed by atoms with Crippen LogP contribution in [0.25, 0.3) is 0 Å². The first-order chi connectivity index (χ1) is 14.1. The third-order valence-corrected chi connectivity index (χ3v) is 6.30. The Morgan fingerprint density at radius 3 is 2.21 bits per heavy atom. The Bertz CT molecular complexity index is 1080. The highest BCUT2D eigenvalue weighted by Gasteiger charge is 2.62. The number of nitrogens with one attached hydrogen (secondary N) is 2. The highest BCUT2D eigenvalue weighted by atomic mass is 16.2. The molecule has 0 aromatic heterocycles. The zero-order valence-electron chi connectivity index (χ0n) is 16.1. The normalized spacial score (nSPS) is 27.6. The first kappa shape index (κ1) is 17.8. The maximum absolute atomic E-state index is 13.6. The summed E-state index contributed by atoms with van der Waals surface area (Å²) in [6.45, 7) is 2.00. The molecule has 4 heteroatoms. The predicted molar refractivity (Wildman–Crippen MR) is 113 cm³/mol. The van der Waals surface area contributed by atoms with Gasteiger partial charge in [-0.2, -0.15) is 0 Å². The number of benzene rings is 3. The average Bonchev–Trinajstić information content (AvgIpc) is 3.23. The number of rotatable bonds is 3. The molecule has 2 heterocycles. The first-order valence-corrected chi connectivity index (χ1v) is 9.96. The topological polar surface area (TPSA) is 58.2 Å². The number of amides is 1. The molecule has 5 rings (SSSR count). The molecule has 4 atom stereocenters. The SMILES string of the molecule is C[C@H]1N[C@@]2(C(=O)Nc3ccccc32)[C@H](c2ccccc2)[C@H]1C(=O)c1ccccc1. The number of hydrogen-bond acceptors (Lipinski definition) is 3. The summed E-state index contributed by atoms with van der Waals surface area (Å²) in [7, 11) is 0. The molecule has 0 aliphatic carbocycles. The Morgan fingerprint density at radius 2 is 1.48 bits per heavy atom. The standard InChI is InChI=1S/C25H22N2O2/c1-16-21(23(28)18-12-6-3-7-13-18)22(17-10-4-2-5-11-17)25(27-16)19-14-8-9-15-20(19)26-24(25)29/h2-16,21-22,27H,1H3,(H,26,29)/t16-,21+,22-,25-/m1/s1. The fourth-order valence-electron chi connectivity index (χ4n) is 5.12. The Balaban J connectivity index is 1.71. The minimum absolute atomic E-state index is 0.0634. The van der Waals surface area contributed by atoms with E-state index in [-0.39, 0.29) is 29.6 Å². The summed E-state index contributed by atoms with van der Waals surface area (Å²) in [5.41, 5.74) is 2.42. The van der Waals surface area contributed by atoms with Crippen LogP contribution in [0, 0.1) is 5.92 Å². The maximum Gasteiger partial charge on any atom is 0.250 e. The Labute approximate surface area is 170 Å². The predicted octanol–water partition coefficient (Wildman–Crippen LogP) is 4.11. The Kier molecular flexibility index (Phi) is 4.10. The summed E-state index contributed by atoms with van der Waals surface area (Å²) >= 11 is 0. The summed E-state index contributed by atoms with van der Waals surface area (Å²) < 4.78 is 0. The highest BCUT2D eigenvalue weighted by Crippen LogP contribution is 2.54. The van der Waals surface area contributed by atoms with Crippen molar-refractivity contribution in [1.82, 2.24) is 5.32 Å². The van der Waals surface area contributed by atoms with Crippen LogP contribution in [0.1, 0.15) is 34.3 Å². The molecular formula is C25H22N2O2. The van der Waals surface area contributed by atoms with Gasteiger partial charge in [0.2, 0.25) is 5.91 Å². The van der Waals surface area contributed by atoms with Crippen molar-refractivity contribution < 1.29 is 9.59 Å². The van der Waals surface area contributed by atoms with E-state index in [0.29, 0.717) is 5.56 Å². The molecule has 3 aromatic rings. The largest absolute Gasteiger partial charge is 0.324 e. The molecule has 0 saturated carbocycles. The molecule has 1 saturated heterocycles. The number of Topliss-reactive ketones (excluding diaryl/α,β-unsaturated/α-hetero) is 1. The van der Waals surface area contributed by atoms with E-state index in [1.54, 1.807) is 0 Å². The van der Waals surface area contributed by atoms with E-state index in [1.165, 1.54) is 0 Å². The molecule has 3 aromatic carbocycles. The van der Waals surface area contributed by atoms with Gasteiger partial charge >= 0.3 is 0 Å². The van der Waals surface area contributed by atoms with Crippen molar-refractivity contribution in [3.05, 3.63) is 102 Å². The molecule has 1 fully saturated rings. The molecule has 144 valence electrons. The van der Waals surface area contributed by atoms with Crippen molar-refractivity contribution in [2.45, 2.75) is 24.4 Å². The second-order valence-electron chi connectivity index (χ2n) is 7.89. The maximum atomic E-state index is 13.6. The fraction of sp³-hybridized carbons (Fsp3) is 0.200. The van der Waals surface area contributed by atoms with Crippen LogP contribution in [-0.4, -0.2) is 17.7 Å². The molecule has 0 bridgehead atoms. The third-order valence-electron chi connectivity index (χ3n) is 6.30. The monoisotopic (exact) mass is 382 g/mol. The number of para-hydroxylation sites is 1. The van der Waals surface area contributed by atoms with Gasteiger partial charge in [-0.3, -0.25) is 14.9 Å². The van der Waals surface area contributed by atoms with Crippen LogP contribution < -0.4 is 10.6 Å². The van der Waals surface area contributed by atoms with Crippen molar-refractivity contribution in [3.8, 4) is 0 Å². The minimum Gasteiger partial charge on any atom is -0.324 e. The van der Waals surface area contributed by atoms with Gasteiger partial charge < -0.3 is 5.32 Å². The number of carbonyl (C=O) groups is 2. The van der Waals surface area contributed by atoms with Gasteiger partial charge in [-0.25, -0.2) is 0 Å². The van der Waals surface area contributed by atoms with Gasteiger partial charge in [0.05, 0.1) is 0 Å². The lowest BCUT2D eigenvalue weighted by molar-refractivity contribution is -0.122.